The minimum atomic E-state index is -1.11. The van der Waals surface area contributed by atoms with Crippen LogP contribution in [0.1, 0.15) is 26.3 Å². The predicted octanol–water partition coefficient (Wildman–Crippen LogP) is 1.65. The van der Waals surface area contributed by atoms with Crippen LogP contribution in [-0.2, 0) is 4.79 Å². The van der Waals surface area contributed by atoms with Gasteiger partial charge in [0.1, 0.15) is 4.88 Å². The number of rotatable bonds is 4. The number of thiazole rings is 1. The fourth-order valence-electron chi connectivity index (χ4n) is 1.53. The van der Waals surface area contributed by atoms with Gasteiger partial charge in [0.05, 0.1) is 5.69 Å². The molecule has 19 heavy (non-hydrogen) atoms. The molecule has 0 saturated heterocycles. The molecule has 1 unspecified atom stereocenters. The van der Waals surface area contributed by atoms with Gasteiger partial charge in [0.2, 0.25) is 0 Å². The molecular weight excluding hydrogens is 286 g/mol. The Bertz CT molecular complexity index is 607. The lowest BCUT2D eigenvalue weighted by atomic mass is 10.2. The molecule has 8 heteroatoms. The van der Waals surface area contributed by atoms with Crippen LogP contribution in [-0.4, -0.2) is 22.0 Å². The van der Waals surface area contributed by atoms with Crippen molar-refractivity contribution in [2.24, 2.45) is 0 Å². The molecule has 4 N–H and O–H groups in total. The van der Waals surface area contributed by atoms with Gasteiger partial charge in [-0.25, -0.2) is 9.78 Å². The maximum atomic E-state index is 12.0. The van der Waals surface area contributed by atoms with E-state index < -0.39 is 17.9 Å². The van der Waals surface area contributed by atoms with Gasteiger partial charge in [-0.3, -0.25) is 4.79 Å². The Hall–Kier alpha value is -1.93. The summed E-state index contributed by atoms with van der Waals surface area (Å²) in [4.78, 5) is 28.1. The van der Waals surface area contributed by atoms with E-state index in [1.165, 1.54) is 11.3 Å². The summed E-state index contributed by atoms with van der Waals surface area (Å²) in [5.41, 5.74) is 6.01. The Morgan fingerprint density at radius 1 is 1.53 bits per heavy atom. The molecule has 2 rings (SSSR count). The molecule has 0 aliphatic carbocycles. The lowest BCUT2D eigenvalue weighted by Crippen LogP contribution is -2.33. The predicted molar refractivity (Wildman–Crippen MR) is 73.4 cm³/mol. The first-order valence-corrected chi connectivity index (χ1v) is 6.98. The first-order chi connectivity index (χ1) is 8.99. The number of amides is 1. The van der Waals surface area contributed by atoms with Crippen LogP contribution in [0.2, 0.25) is 0 Å². The number of carbonyl (C=O) groups excluding carboxylic acids is 1. The normalized spacial score (nSPS) is 12.1. The number of anilines is 1. The van der Waals surface area contributed by atoms with E-state index in [-0.39, 0.29) is 5.13 Å². The summed E-state index contributed by atoms with van der Waals surface area (Å²) in [5, 5.41) is 13.7. The largest absolute Gasteiger partial charge is 0.479 e. The number of thiophene rings is 1. The number of nitrogen functional groups attached to an aromatic ring is 1. The first kappa shape index (κ1) is 13.5. The zero-order valence-electron chi connectivity index (χ0n) is 9.91. The summed E-state index contributed by atoms with van der Waals surface area (Å²) >= 11 is 2.31. The zero-order valence-corrected chi connectivity index (χ0v) is 11.5. The number of nitrogens with two attached hydrogens (primary N) is 1. The van der Waals surface area contributed by atoms with Crippen LogP contribution in [0, 0.1) is 6.92 Å². The molecule has 0 aliphatic heterocycles. The third-order valence-electron chi connectivity index (χ3n) is 2.37. The number of carboxylic acid groups (broad SMARTS) is 1. The summed E-state index contributed by atoms with van der Waals surface area (Å²) in [5.74, 6) is -1.58. The summed E-state index contributed by atoms with van der Waals surface area (Å²) < 4.78 is 0. The molecule has 2 aromatic rings. The van der Waals surface area contributed by atoms with Crippen LogP contribution >= 0.6 is 22.7 Å². The molecule has 1 atom stereocenters. The quantitative estimate of drug-likeness (QED) is 0.795. The van der Waals surface area contributed by atoms with Gasteiger partial charge in [-0.15, -0.1) is 11.3 Å². The Balaban J connectivity index is 2.21. The summed E-state index contributed by atoms with van der Waals surface area (Å²) in [7, 11) is 0. The van der Waals surface area contributed by atoms with E-state index in [1.807, 2.05) is 0 Å². The van der Waals surface area contributed by atoms with Crippen molar-refractivity contribution >= 4 is 39.7 Å². The number of carbonyl (C=O) groups is 2. The van der Waals surface area contributed by atoms with Crippen molar-refractivity contribution in [3.63, 3.8) is 0 Å². The molecular formula is C11H11N3O3S2. The van der Waals surface area contributed by atoms with E-state index >= 15 is 0 Å². The molecule has 0 fully saturated rings. The maximum Gasteiger partial charge on any atom is 0.331 e. The van der Waals surface area contributed by atoms with E-state index in [2.05, 4.69) is 10.3 Å². The molecule has 0 spiro atoms. The molecule has 2 aromatic heterocycles. The number of nitrogens with one attached hydrogen (secondary N) is 1. The summed E-state index contributed by atoms with van der Waals surface area (Å²) in [6.45, 7) is 1.66. The summed E-state index contributed by atoms with van der Waals surface area (Å²) in [6, 6.07) is 2.34. The molecule has 0 saturated carbocycles. The van der Waals surface area contributed by atoms with Crippen molar-refractivity contribution < 1.29 is 14.7 Å². The van der Waals surface area contributed by atoms with Crippen molar-refractivity contribution in [2.45, 2.75) is 13.0 Å². The molecule has 0 radical (unpaired) electrons. The SMILES string of the molecule is Cc1nc(N)sc1C(=O)NC(C(=O)O)c1cccs1. The maximum absolute atomic E-state index is 12.0. The smallest absolute Gasteiger partial charge is 0.331 e. The lowest BCUT2D eigenvalue weighted by molar-refractivity contribution is -0.139. The van der Waals surface area contributed by atoms with Crippen molar-refractivity contribution in [2.75, 3.05) is 5.73 Å². The van der Waals surface area contributed by atoms with Crippen molar-refractivity contribution in [3.05, 3.63) is 33.0 Å². The van der Waals surface area contributed by atoms with Crippen molar-refractivity contribution in [1.82, 2.24) is 10.3 Å². The van der Waals surface area contributed by atoms with E-state index in [0.29, 0.717) is 15.4 Å². The Kier molecular flexibility index (Phi) is 3.82. The van der Waals surface area contributed by atoms with Gasteiger partial charge in [-0.1, -0.05) is 17.4 Å². The van der Waals surface area contributed by atoms with E-state index in [1.54, 1.807) is 24.4 Å². The highest BCUT2D eigenvalue weighted by molar-refractivity contribution is 7.17. The van der Waals surface area contributed by atoms with Crippen LogP contribution in [0.5, 0.6) is 0 Å². The number of aromatic nitrogens is 1. The van der Waals surface area contributed by atoms with Gasteiger partial charge in [0.15, 0.2) is 11.2 Å². The average molecular weight is 297 g/mol. The molecule has 0 aliphatic rings. The first-order valence-electron chi connectivity index (χ1n) is 5.29. The third-order valence-corrected chi connectivity index (χ3v) is 4.29. The molecule has 0 aromatic carbocycles. The fraction of sp³-hybridized carbons (Fsp3) is 0.182. The number of hydrogen-bond donors (Lipinski definition) is 3. The number of hydrogen-bond acceptors (Lipinski definition) is 6. The van der Waals surface area contributed by atoms with Crippen molar-refractivity contribution in [1.29, 1.82) is 0 Å². The van der Waals surface area contributed by atoms with Gasteiger partial charge < -0.3 is 16.2 Å². The van der Waals surface area contributed by atoms with Crippen LogP contribution in [0.4, 0.5) is 5.13 Å². The average Bonchev–Trinajstić information content (AvgIpc) is 2.95. The topological polar surface area (TPSA) is 105 Å². The van der Waals surface area contributed by atoms with Crippen LogP contribution in [0.15, 0.2) is 17.5 Å². The third kappa shape index (κ3) is 2.91. The van der Waals surface area contributed by atoms with Gasteiger partial charge in [-0.05, 0) is 18.4 Å². The Labute approximate surface area is 116 Å². The van der Waals surface area contributed by atoms with E-state index in [9.17, 15) is 14.7 Å². The van der Waals surface area contributed by atoms with E-state index in [0.717, 1.165) is 11.3 Å². The van der Waals surface area contributed by atoms with Crippen molar-refractivity contribution in [3.8, 4) is 0 Å². The molecule has 2 heterocycles. The van der Waals surface area contributed by atoms with Gasteiger partial charge >= 0.3 is 5.97 Å². The highest BCUT2D eigenvalue weighted by atomic mass is 32.1. The van der Waals surface area contributed by atoms with Crippen LogP contribution < -0.4 is 11.1 Å². The minimum absolute atomic E-state index is 0.283. The summed E-state index contributed by atoms with van der Waals surface area (Å²) in [6.07, 6.45) is 0. The van der Waals surface area contributed by atoms with Gasteiger partial charge in [0.25, 0.3) is 5.91 Å². The van der Waals surface area contributed by atoms with Gasteiger partial charge in [-0.2, -0.15) is 0 Å². The van der Waals surface area contributed by atoms with E-state index in [4.69, 9.17) is 5.73 Å². The molecule has 6 nitrogen and oxygen atoms in total. The Morgan fingerprint density at radius 3 is 2.74 bits per heavy atom. The molecule has 0 bridgehead atoms. The lowest BCUT2D eigenvalue weighted by Gasteiger charge is -2.12. The standard InChI is InChI=1S/C11H11N3O3S2/c1-5-8(19-11(12)13-5)9(15)14-7(10(16)17)6-3-2-4-18-6/h2-4,7H,1H3,(H2,12,13)(H,14,15)(H,16,17). The minimum Gasteiger partial charge on any atom is -0.479 e. The zero-order chi connectivity index (χ0) is 14.0. The van der Waals surface area contributed by atoms with Gasteiger partial charge in [0, 0.05) is 4.88 Å². The number of aliphatic carboxylic acids is 1. The number of nitrogens with zero attached hydrogens (tertiary/aromatic N) is 1. The highest BCUT2D eigenvalue weighted by Crippen LogP contribution is 2.23. The molecule has 1 amide bonds. The monoisotopic (exact) mass is 297 g/mol. The second-order valence-corrected chi connectivity index (χ2v) is 5.74. The number of carboxylic acids is 1. The van der Waals surface area contributed by atoms with Crippen LogP contribution in [0.25, 0.3) is 0 Å². The van der Waals surface area contributed by atoms with Crippen LogP contribution in [0.3, 0.4) is 0 Å². The molecule has 100 valence electrons. The highest BCUT2D eigenvalue weighted by Gasteiger charge is 2.25. The number of aryl methyl sites for hydroxylation is 1. The fourth-order valence-corrected chi connectivity index (χ4v) is 3.04. The Morgan fingerprint density at radius 2 is 2.26 bits per heavy atom. The second kappa shape index (κ2) is 5.37. The second-order valence-electron chi connectivity index (χ2n) is 3.73.